The molecule has 0 unspecified atom stereocenters. The first kappa shape index (κ1) is 20.6. The van der Waals surface area contributed by atoms with Gasteiger partial charge in [0.25, 0.3) is 0 Å². The molecular formula is C23H35N5S. The van der Waals surface area contributed by atoms with E-state index in [-0.39, 0.29) is 0 Å². The van der Waals surface area contributed by atoms with Crippen molar-refractivity contribution < 1.29 is 0 Å². The third-order valence-corrected chi connectivity index (χ3v) is 7.29. The molecule has 2 aliphatic carbocycles. The Bertz CT molecular complexity index is 808. The predicted octanol–water partition coefficient (Wildman–Crippen LogP) is 4.55. The molecule has 5 nitrogen and oxygen atoms in total. The van der Waals surface area contributed by atoms with Crippen LogP contribution in [0.15, 0.2) is 12.1 Å². The van der Waals surface area contributed by atoms with E-state index in [9.17, 15) is 0 Å². The summed E-state index contributed by atoms with van der Waals surface area (Å²) in [6, 6.07) is 4.96. The second kappa shape index (κ2) is 9.43. The maximum absolute atomic E-state index is 4.89. The molecule has 2 aromatic rings. The first-order valence-corrected chi connectivity index (χ1v) is 12.0. The maximum Gasteiger partial charge on any atom is 0.225 e. The van der Waals surface area contributed by atoms with E-state index in [1.54, 1.807) is 0 Å². The van der Waals surface area contributed by atoms with Gasteiger partial charge in [-0.25, -0.2) is 4.98 Å². The summed E-state index contributed by atoms with van der Waals surface area (Å²) < 4.78 is 0. The van der Waals surface area contributed by atoms with Crippen LogP contribution < -0.4 is 15.5 Å². The molecule has 4 rings (SSSR count). The Morgan fingerprint density at radius 3 is 2.59 bits per heavy atom. The smallest absolute Gasteiger partial charge is 0.225 e. The summed E-state index contributed by atoms with van der Waals surface area (Å²) in [5.41, 5.74) is 2.63. The molecule has 0 atom stereocenters. The summed E-state index contributed by atoms with van der Waals surface area (Å²) in [6.45, 7) is 4.31. The highest BCUT2D eigenvalue weighted by Gasteiger charge is 2.23. The van der Waals surface area contributed by atoms with Crippen molar-refractivity contribution in [3.8, 4) is 0 Å². The minimum Gasteiger partial charge on any atom is -0.362 e. The van der Waals surface area contributed by atoms with Crippen molar-refractivity contribution in [2.75, 3.05) is 30.9 Å². The molecule has 0 radical (unpaired) electrons. The zero-order chi connectivity index (χ0) is 20.2. The van der Waals surface area contributed by atoms with Gasteiger partial charge in [0.1, 0.15) is 5.82 Å². The Morgan fingerprint density at radius 1 is 1.07 bits per heavy atom. The molecule has 29 heavy (non-hydrogen) atoms. The zero-order valence-electron chi connectivity index (χ0n) is 18.1. The van der Waals surface area contributed by atoms with Crippen molar-refractivity contribution in [3.63, 3.8) is 0 Å². The van der Waals surface area contributed by atoms with Crippen molar-refractivity contribution in [3.05, 3.63) is 33.1 Å². The number of nitrogens with zero attached hydrogens (tertiary/aromatic N) is 3. The minimum absolute atomic E-state index is 0.503. The summed E-state index contributed by atoms with van der Waals surface area (Å²) in [5, 5.41) is 7.33. The molecule has 2 aromatic heterocycles. The quantitative estimate of drug-likeness (QED) is 0.697. The Labute approximate surface area is 179 Å². The van der Waals surface area contributed by atoms with Crippen molar-refractivity contribution >= 4 is 23.1 Å². The largest absolute Gasteiger partial charge is 0.362 e. The highest BCUT2D eigenvalue weighted by atomic mass is 32.1. The first-order chi connectivity index (χ1) is 14.1. The van der Waals surface area contributed by atoms with E-state index < -0.39 is 0 Å². The van der Waals surface area contributed by atoms with E-state index in [1.165, 1.54) is 59.5 Å². The fourth-order valence-electron chi connectivity index (χ4n) is 4.68. The number of hydrogen-bond acceptors (Lipinski definition) is 6. The molecule has 2 aliphatic rings. The molecule has 158 valence electrons. The monoisotopic (exact) mass is 413 g/mol. The fourth-order valence-corrected chi connectivity index (χ4v) is 5.54. The van der Waals surface area contributed by atoms with Gasteiger partial charge in [-0.05, 0) is 82.9 Å². The van der Waals surface area contributed by atoms with Gasteiger partial charge >= 0.3 is 0 Å². The second-order valence-corrected chi connectivity index (χ2v) is 10.3. The first-order valence-electron chi connectivity index (χ1n) is 11.2. The van der Waals surface area contributed by atoms with Crippen LogP contribution in [0.3, 0.4) is 0 Å². The van der Waals surface area contributed by atoms with Gasteiger partial charge in [-0.3, -0.25) is 0 Å². The topological polar surface area (TPSA) is 53.1 Å². The molecule has 2 N–H and O–H groups in total. The van der Waals surface area contributed by atoms with Gasteiger partial charge < -0.3 is 15.5 Å². The highest BCUT2D eigenvalue weighted by molar-refractivity contribution is 7.11. The van der Waals surface area contributed by atoms with Crippen molar-refractivity contribution in [2.45, 2.75) is 70.9 Å². The Balaban J connectivity index is 1.27. The Kier molecular flexibility index (Phi) is 6.70. The number of anilines is 2. The number of thiophene rings is 1. The van der Waals surface area contributed by atoms with Crippen LogP contribution in [0.5, 0.6) is 0 Å². The second-order valence-electron chi connectivity index (χ2n) is 8.90. The van der Waals surface area contributed by atoms with Gasteiger partial charge in [0.2, 0.25) is 5.95 Å². The third kappa shape index (κ3) is 5.28. The van der Waals surface area contributed by atoms with Crippen LogP contribution in [0.2, 0.25) is 0 Å². The number of nitrogens with one attached hydrogen (secondary N) is 2. The third-order valence-electron chi connectivity index (χ3n) is 6.29. The summed E-state index contributed by atoms with van der Waals surface area (Å²) in [5.74, 6) is 2.73. The van der Waals surface area contributed by atoms with Gasteiger partial charge in [-0.1, -0.05) is 0 Å². The summed E-state index contributed by atoms with van der Waals surface area (Å²) >= 11 is 1.90. The number of aryl methyl sites for hydroxylation is 2. The lowest BCUT2D eigenvalue weighted by atomic mass is 9.86. The lowest BCUT2D eigenvalue weighted by Crippen LogP contribution is -2.32. The molecule has 0 aromatic carbocycles. The van der Waals surface area contributed by atoms with Gasteiger partial charge in [0.15, 0.2) is 0 Å². The molecule has 0 spiro atoms. The van der Waals surface area contributed by atoms with Crippen LogP contribution in [-0.4, -0.2) is 36.6 Å². The maximum atomic E-state index is 4.89. The van der Waals surface area contributed by atoms with Crippen molar-refractivity contribution in [1.29, 1.82) is 0 Å². The molecule has 0 saturated heterocycles. The summed E-state index contributed by atoms with van der Waals surface area (Å²) in [7, 11) is 4.19. The van der Waals surface area contributed by atoms with Crippen molar-refractivity contribution in [2.24, 2.45) is 5.92 Å². The zero-order valence-corrected chi connectivity index (χ0v) is 18.9. The number of rotatable bonds is 7. The number of aromatic nitrogens is 2. The van der Waals surface area contributed by atoms with Crippen LogP contribution in [0, 0.1) is 12.8 Å². The SMILES string of the molecule is Cc1ccc(CNCC2CCC(Nc3nc4c(c(N(C)C)n3)CCCC4)CC2)s1. The summed E-state index contributed by atoms with van der Waals surface area (Å²) in [4.78, 5) is 14.8. The minimum atomic E-state index is 0.503. The van der Waals surface area contributed by atoms with Crippen LogP contribution in [0.4, 0.5) is 11.8 Å². The van der Waals surface area contributed by atoms with E-state index in [2.05, 4.69) is 48.7 Å². The van der Waals surface area contributed by atoms with E-state index >= 15 is 0 Å². The van der Waals surface area contributed by atoms with E-state index in [0.29, 0.717) is 6.04 Å². The molecule has 1 fully saturated rings. The Morgan fingerprint density at radius 2 is 1.86 bits per heavy atom. The lowest BCUT2D eigenvalue weighted by Gasteiger charge is -2.30. The Hall–Kier alpha value is -1.66. The molecule has 2 heterocycles. The van der Waals surface area contributed by atoms with Crippen LogP contribution in [0.25, 0.3) is 0 Å². The average molecular weight is 414 g/mol. The van der Waals surface area contributed by atoms with E-state index in [1.807, 2.05) is 11.3 Å². The number of fused-ring (bicyclic) bond motifs is 1. The molecule has 0 aliphatic heterocycles. The highest BCUT2D eigenvalue weighted by Crippen LogP contribution is 2.30. The lowest BCUT2D eigenvalue weighted by molar-refractivity contribution is 0.324. The number of hydrogen-bond donors (Lipinski definition) is 2. The van der Waals surface area contributed by atoms with Gasteiger partial charge in [0.05, 0.1) is 5.69 Å². The van der Waals surface area contributed by atoms with E-state index in [4.69, 9.17) is 9.97 Å². The average Bonchev–Trinajstić information content (AvgIpc) is 3.13. The van der Waals surface area contributed by atoms with Gasteiger partial charge in [0, 0.05) is 42.0 Å². The van der Waals surface area contributed by atoms with Crippen LogP contribution in [-0.2, 0) is 19.4 Å². The van der Waals surface area contributed by atoms with E-state index in [0.717, 1.165) is 43.6 Å². The molecule has 0 amide bonds. The molecular weight excluding hydrogens is 378 g/mol. The van der Waals surface area contributed by atoms with Crippen LogP contribution in [0.1, 0.15) is 59.5 Å². The van der Waals surface area contributed by atoms with Gasteiger partial charge in [-0.15, -0.1) is 11.3 Å². The van der Waals surface area contributed by atoms with Crippen LogP contribution >= 0.6 is 11.3 Å². The predicted molar refractivity (Wildman–Crippen MR) is 123 cm³/mol. The molecule has 0 bridgehead atoms. The molecule has 1 saturated carbocycles. The standard InChI is InChI=1S/C23H35N5S/c1-16-8-13-19(29-16)15-24-14-17-9-11-18(12-10-17)25-23-26-21-7-5-4-6-20(21)22(27-23)28(2)3/h8,13,17-18,24H,4-7,9-12,14-15H2,1-3H3,(H,25,26,27). The molecule has 6 heteroatoms. The fraction of sp³-hybridized carbons (Fsp3) is 0.652. The van der Waals surface area contributed by atoms with Gasteiger partial charge in [-0.2, -0.15) is 4.98 Å². The normalized spacial score (nSPS) is 21.6. The summed E-state index contributed by atoms with van der Waals surface area (Å²) in [6.07, 6.45) is 9.69. The van der Waals surface area contributed by atoms with Crippen molar-refractivity contribution in [1.82, 2.24) is 15.3 Å².